The number of likely N-dealkylation sites (tertiary alicyclic amines) is 1. The molecule has 0 saturated carbocycles. The molecule has 4 nitrogen and oxygen atoms in total. The molecule has 1 fully saturated rings. The van der Waals surface area contributed by atoms with E-state index in [-0.39, 0.29) is 0 Å². The molecule has 2 heterocycles. The van der Waals surface area contributed by atoms with E-state index in [9.17, 15) is 0 Å². The predicted molar refractivity (Wildman–Crippen MR) is 82.0 cm³/mol. The molecule has 1 saturated heterocycles. The number of rotatable bonds is 7. The van der Waals surface area contributed by atoms with Crippen molar-refractivity contribution in [2.24, 2.45) is 0 Å². The van der Waals surface area contributed by atoms with Gasteiger partial charge in [-0.05, 0) is 32.0 Å². The average molecular weight is 277 g/mol. The van der Waals surface area contributed by atoms with Crippen molar-refractivity contribution in [3.63, 3.8) is 0 Å². The molecule has 0 bridgehead atoms. The maximum atomic E-state index is 5.95. The zero-order valence-corrected chi connectivity index (χ0v) is 12.8. The van der Waals surface area contributed by atoms with Crippen molar-refractivity contribution in [1.82, 2.24) is 15.2 Å². The van der Waals surface area contributed by atoms with Crippen LogP contribution in [0.3, 0.4) is 0 Å². The Hall–Kier alpha value is -1.13. The van der Waals surface area contributed by atoms with Crippen LogP contribution in [0, 0.1) is 0 Å². The van der Waals surface area contributed by atoms with Crippen LogP contribution in [0.1, 0.15) is 38.7 Å². The van der Waals surface area contributed by atoms with Crippen molar-refractivity contribution >= 4 is 0 Å². The van der Waals surface area contributed by atoms with Gasteiger partial charge in [-0.25, -0.2) is 0 Å². The highest BCUT2D eigenvalue weighted by molar-refractivity contribution is 5.29. The Kier molecular flexibility index (Phi) is 6.27. The lowest BCUT2D eigenvalue weighted by Crippen LogP contribution is -2.33. The minimum Gasteiger partial charge on any atom is -0.492 e. The summed E-state index contributed by atoms with van der Waals surface area (Å²) in [6.45, 7) is 9.34. The molecule has 4 heteroatoms. The SMILES string of the molecule is CC(C)NCc1cnccc1OCCN1CCCCC1. The molecule has 112 valence electrons. The van der Waals surface area contributed by atoms with E-state index in [1.807, 2.05) is 12.3 Å². The zero-order chi connectivity index (χ0) is 14.2. The van der Waals surface area contributed by atoms with E-state index >= 15 is 0 Å². The first-order valence-electron chi connectivity index (χ1n) is 7.77. The molecule has 0 spiro atoms. The predicted octanol–water partition coefficient (Wildman–Crippen LogP) is 2.44. The first-order chi connectivity index (χ1) is 9.75. The maximum absolute atomic E-state index is 5.95. The van der Waals surface area contributed by atoms with Crippen molar-refractivity contribution < 1.29 is 4.74 Å². The summed E-state index contributed by atoms with van der Waals surface area (Å²) in [6.07, 6.45) is 7.74. The summed E-state index contributed by atoms with van der Waals surface area (Å²) in [5.41, 5.74) is 1.14. The highest BCUT2D eigenvalue weighted by Gasteiger charge is 2.10. The molecule has 1 aromatic rings. The second-order valence-electron chi connectivity index (χ2n) is 5.77. The van der Waals surface area contributed by atoms with Gasteiger partial charge in [0.1, 0.15) is 12.4 Å². The first-order valence-corrected chi connectivity index (χ1v) is 7.77. The van der Waals surface area contributed by atoms with Crippen molar-refractivity contribution in [2.75, 3.05) is 26.2 Å². The van der Waals surface area contributed by atoms with Gasteiger partial charge in [0.25, 0.3) is 0 Å². The maximum Gasteiger partial charge on any atom is 0.126 e. The number of hydrogen-bond donors (Lipinski definition) is 1. The fraction of sp³-hybridized carbons (Fsp3) is 0.688. The van der Waals surface area contributed by atoms with E-state index in [1.54, 1.807) is 6.20 Å². The molecule has 1 aliphatic rings. The van der Waals surface area contributed by atoms with Crippen molar-refractivity contribution in [1.29, 1.82) is 0 Å². The molecule has 0 atom stereocenters. The number of pyridine rings is 1. The molecule has 2 rings (SSSR count). The Morgan fingerprint density at radius 1 is 1.30 bits per heavy atom. The van der Waals surface area contributed by atoms with Crippen molar-refractivity contribution in [2.45, 2.75) is 45.7 Å². The monoisotopic (exact) mass is 277 g/mol. The Labute approximate surface area is 122 Å². The largest absolute Gasteiger partial charge is 0.492 e. The molecule has 0 radical (unpaired) electrons. The average Bonchev–Trinajstić information content (AvgIpc) is 2.47. The van der Waals surface area contributed by atoms with Crippen LogP contribution < -0.4 is 10.1 Å². The van der Waals surface area contributed by atoms with E-state index in [2.05, 4.69) is 29.0 Å². The number of nitrogens with zero attached hydrogens (tertiary/aromatic N) is 2. The van der Waals surface area contributed by atoms with E-state index in [0.717, 1.165) is 31.0 Å². The number of aromatic nitrogens is 1. The summed E-state index contributed by atoms with van der Waals surface area (Å²) in [6, 6.07) is 2.43. The van der Waals surface area contributed by atoms with Gasteiger partial charge in [-0.15, -0.1) is 0 Å². The van der Waals surface area contributed by atoms with Crippen LogP contribution in [0.25, 0.3) is 0 Å². The van der Waals surface area contributed by atoms with E-state index in [0.29, 0.717) is 6.04 Å². The van der Waals surface area contributed by atoms with E-state index in [1.165, 1.54) is 32.4 Å². The topological polar surface area (TPSA) is 37.4 Å². The number of hydrogen-bond acceptors (Lipinski definition) is 4. The van der Waals surface area contributed by atoms with Gasteiger partial charge < -0.3 is 10.1 Å². The summed E-state index contributed by atoms with van der Waals surface area (Å²) in [4.78, 5) is 6.69. The van der Waals surface area contributed by atoms with Gasteiger partial charge in [-0.2, -0.15) is 0 Å². The van der Waals surface area contributed by atoms with Gasteiger partial charge in [0, 0.05) is 37.1 Å². The smallest absolute Gasteiger partial charge is 0.126 e. The minimum absolute atomic E-state index is 0.469. The summed E-state index contributed by atoms with van der Waals surface area (Å²) in [7, 11) is 0. The van der Waals surface area contributed by atoms with E-state index in [4.69, 9.17) is 4.74 Å². The zero-order valence-electron chi connectivity index (χ0n) is 12.8. The lowest BCUT2D eigenvalue weighted by atomic mass is 10.1. The van der Waals surface area contributed by atoms with Crippen LogP contribution >= 0.6 is 0 Å². The molecule has 1 aliphatic heterocycles. The second kappa shape index (κ2) is 8.22. The standard InChI is InChI=1S/C16H27N3O/c1-14(2)18-13-15-12-17-7-6-16(15)20-11-10-19-8-4-3-5-9-19/h6-7,12,14,18H,3-5,8-11,13H2,1-2H3. The van der Waals surface area contributed by atoms with Crippen LogP contribution in [-0.2, 0) is 6.54 Å². The van der Waals surface area contributed by atoms with Gasteiger partial charge >= 0.3 is 0 Å². The Bertz CT molecular complexity index is 389. The molecule has 20 heavy (non-hydrogen) atoms. The lowest BCUT2D eigenvalue weighted by molar-refractivity contribution is 0.182. The van der Waals surface area contributed by atoms with Gasteiger partial charge in [-0.3, -0.25) is 9.88 Å². The third-order valence-electron chi connectivity index (χ3n) is 3.67. The molecule has 1 N–H and O–H groups in total. The summed E-state index contributed by atoms with van der Waals surface area (Å²) in [5, 5.41) is 3.41. The fourth-order valence-corrected chi connectivity index (χ4v) is 2.47. The minimum atomic E-state index is 0.469. The molecule has 1 aromatic heterocycles. The summed E-state index contributed by atoms with van der Waals surface area (Å²) < 4.78 is 5.95. The van der Waals surface area contributed by atoms with Crippen LogP contribution in [0.2, 0.25) is 0 Å². The fourth-order valence-electron chi connectivity index (χ4n) is 2.47. The lowest BCUT2D eigenvalue weighted by Gasteiger charge is -2.26. The highest BCUT2D eigenvalue weighted by Crippen LogP contribution is 2.17. The quantitative estimate of drug-likeness (QED) is 0.830. The third-order valence-corrected chi connectivity index (χ3v) is 3.67. The highest BCUT2D eigenvalue weighted by atomic mass is 16.5. The first kappa shape index (κ1) is 15.3. The van der Waals surface area contributed by atoms with Crippen molar-refractivity contribution in [3.05, 3.63) is 24.0 Å². The number of ether oxygens (including phenoxy) is 1. The van der Waals surface area contributed by atoms with Crippen LogP contribution in [0.4, 0.5) is 0 Å². The molecular weight excluding hydrogens is 250 g/mol. The Balaban J connectivity index is 1.79. The van der Waals surface area contributed by atoms with Gasteiger partial charge in [-0.1, -0.05) is 20.3 Å². The van der Waals surface area contributed by atoms with Gasteiger partial charge in [0.05, 0.1) is 0 Å². The van der Waals surface area contributed by atoms with Gasteiger partial charge in [0.2, 0.25) is 0 Å². The number of nitrogens with one attached hydrogen (secondary N) is 1. The molecule has 0 aliphatic carbocycles. The normalized spacial score (nSPS) is 16.6. The second-order valence-corrected chi connectivity index (χ2v) is 5.77. The summed E-state index contributed by atoms with van der Waals surface area (Å²) >= 11 is 0. The third kappa shape index (κ3) is 5.10. The molecular formula is C16H27N3O. The van der Waals surface area contributed by atoms with Crippen LogP contribution in [0.15, 0.2) is 18.5 Å². The Morgan fingerprint density at radius 2 is 2.10 bits per heavy atom. The van der Waals surface area contributed by atoms with Crippen LogP contribution in [0.5, 0.6) is 5.75 Å². The van der Waals surface area contributed by atoms with Crippen molar-refractivity contribution in [3.8, 4) is 5.75 Å². The molecule has 0 unspecified atom stereocenters. The number of piperidine rings is 1. The van der Waals surface area contributed by atoms with Gasteiger partial charge in [0.15, 0.2) is 0 Å². The molecule has 0 amide bonds. The summed E-state index contributed by atoms with van der Waals surface area (Å²) in [5.74, 6) is 0.963. The van der Waals surface area contributed by atoms with Crippen LogP contribution in [-0.4, -0.2) is 42.2 Å². The molecule has 0 aromatic carbocycles. The Morgan fingerprint density at radius 3 is 2.85 bits per heavy atom. The van der Waals surface area contributed by atoms with E-state index < -0.39 is 0 Å².